The second-order valence-electron chi connectivity index (χ2n) is 2.46. The van der Waals surface area contributed by atoms with Crippen LogP contribution >= 0.6 is 23.4 Å². The molecule has 1 aromatic rings. The van der Waals surface area contributed by atoms with Gasteiger partial charge in [-0.2, -0.15) is 13.2 Å². The van der Waals surface area contributed by atoms with Crippen LogP contribution in [0.5, 0.6) is 5.75 Å². The fourth-order valence-electron chi connectivity index (χ4n) is 0.765. The lowest BCUT2D eigenvalue weighted by atomic mass is 10.5. The first-order valence-corrected chi connectivity index (χ1v) is 5.29. The second-order valence-corrected chi connectivity index (χ2v) is 4.01. The Hall–Kier alpha value is -0.620. The molecule has 0 fully saturated rings. The molecule has 84 valence electrons. The van der Waals surface area contributed by atoms with Crippen molar-refractivity contribution in [2.45, 2.75) is 5.51 Å². The predicted molar refractivity (Wildman–Crippen MR) is 53.3 cm³/mol. The van der Waals surface area contributed by atoms with Gasteiger partial charge in [0, 0.05) is 5.75 Å². The Morgan fingerprint density at radius 2 is 2.13 bits per heavy atom. The lowest BCUT2D eigenvalue weighted by Gasteiger charge is -2.07. The Morgan fingerprint density at radius 1 is 1.40 bits per heavy atom. The molecule has 0 spiro atoms. The molecular formula is C8H7ClF3NOS. The van der Waals surface area contributed by atoms with Crippen molar-refractivity contribution < 1.29 is 17.9 Å². The van der Waals surface area contributed by atoms with Crippen molar-refractivity contribution >= 4 is 23.4 Å². The van der Waals surface area contributed by atoms with Crippen LogP contribution < -0.4 is 4.74 Å². The van der Waals surface area contributed by atoms with Crippen LogP contribution in [-0.4, -0.2) is 22.9 Å². The van der Waals surface area contributed by atoms with Crippen molar-refractivity contribution in [1.82, 2.24) is 4.98 Å². The number of nitrogens with zero attached hydrogens (tertiary/aromatic N) is 1. The van der Waals surface area contributed by atoms with E-state index in [1.54, 1.807) is 6.07 Å². The Balaban J connectivity index is 2.23. The zero-order valence-electron chi connectivity index (χ0n) is 7.42. The molecule has 0 amide bonds. The van der Waals surface area contributed by atoms with E-state index in [1.165, 1.54) is 12.3 Å². The van der Waals surface area contributed by atoms with Crippen LogP contribution in [0.15, 0.2) is 18.3 Å². The summed E-state index contributed by atoms with van der Waals surface area (Å²) in [5, 5.41) is 0.312. The van der Waals surface area contributed by atoms with Crippen molar-refractivity contribution in [3.05, 3.63) is 23.5 Å². The van der Waals surface area contributed by atoms with Gasteiger partial charge in [0.15, 0.2) is 0 Å². The molecule has 0 N–H and O–H groups in total. The van der Waals surface area contributed by atoms with E-state index in [4.69, 9.17) is 16.3 Å². The standard InChI is InChI=1S/C8H7ClF3NOS/c9-7-2-1-6(5-13-7)14-3-4-15-8(10,11)12/h1-2,5H,3-4H2. The van der Waals surface area contributed by atoms with E-state index in [-0.39, 0.29) is 24.1 Å². The molecule has 0 saturated carbocycles. The molecule has 0 aliphatic rings. The third kappa shape index (κ3) is 5.74. The van der Waals surface area contributed by atoms with Crippen LogP contribution in [0, 0.1) is 0 Å². The van der Waals surface area contributed by atoms with Gasteiger partial charge in [0.05, 0.1) is 12.8 Å². The topological polar surface area (TPSA) is 22.1 Å². The molecule has 0 saturated heterocycles. The molecular weight excluding hydrogens is 251 g/mol. The molecule has 15 heavy (non-hydrogen) atoms. The highest BCUT2D eigenvalue weighted by Crippen LogP contribution is 2.29. The molecule has 1 aromatic heterocycles. The third-order valence-electron chi connectivity index (χ3n) is 1.32. The number of hydrogen-bond donors (Lipinski definition) is 0. The summed E-state index contributed by atoms with van der Waals surface area (Å²) >= 11 is 5.40. The van der Waals surface area contributed by atoms with Gasteiger partial charge in [-0.15, -0.1) is 0 Å². The van der Waals surface area contributed by atoms with Gasteiger partial charge in [-0.25, -0.2) is 4.98 Å². The Labute approximate surface area is 93.8 Å². The van der Waals surface area contributed by atoms with Gasteiger partial charge in [0.25, 0.3) is 0 Å². The normalized spacial score (nSPS) is 11.5. The van der Waals surface area contributed by atoms with Crippen LogP contribution in [0.3, 0.4) is 0 Å². The molecule has 0 unspecified atom stereocenters. The molecule has 2 nitrogen and oxygen atoms in total. The largest absolute Gasteiger partial charge is 0.491 e. The maximum absolute atomic E-state index is 11.7. The molecule has 0 bridgehead atoms. The summed E-state index contributed by atoms with van der Waals surface area (Å²) in [6.07, 6.45) is 1.36. The number of thioether (sulfide) groups is 1. The first-order valence-electron chi connectivity index (χ1n) is 3.92. The number of alkyl halides is 3. The van der Waals surface area contributed by atoms with Crippen molar-refractivity contribution in [2.75, 3.05) is 12.4 Å². The predicted octanol–water partition coefficient (Wildman–Crippen LogP) is 3.37. The van der Waals surface area contributed by atoms with Crippen LogP contribution in [0.25, 0.3) is 0 Å². The van der Waals surface area contributed by atoms with E-state index in [1.807, 2.05) is 0 Å². The summed E-state index contributed by atoms with van der Waals surface area (Å²) in [6, 6.07) is 3.06. The molecule has 0 radical (unpaired) electrons. The average molecular weight is 258 g/mol. The molecule has 1 rings (SSSR count). The molecule has 0 atom stereocenters. The minimum Gasteiger partial charge on any atom is -0.491 e. The van der Waals surface area contributed by atoms with E-state index >= 15 is 0 Å². The molecule has 0 aliphatic heterocycles. The van der Waals surface area contributed by atoms with Gasteiger partial charge in [0.1, 0.15) is 10.9 Å². The highest BCUT2D eigenvalue weighted by molar-refractivity contribution is 8.00. The van der Waals surface area contributed by atoms with Crippen molar-refractivity contribution in [1.29, 1.82) is 0 Å². The summed E-state index contributed by atoms with van der Waals surface area (Å²) in [5.41, 5.74) is -4.21. The van der Waals surface area contributed by atoms with Gasteiger partial charge in [-0.1, -0.05) is 11.6 Å². The smallest absolute Gasteiger partial charge is 0.441 e. The average Bonchev–Trinajstić information content (AvgIpc) is 2.14. The number of pyridine rings is 1. The zero-order valence-corrected chi connectivity index (χ0v) is 8.99. The first-order chi connectivity index (χ1) is 6.97. The van der Waals surface area contributed by atoms with Gasteiger partial charge in [0.2, 0.25) is 0 Å². The third-order valence-corrected chi connectivity index (χ3v) is 2.24. The highest BCUT2D eigenvalue weighted by Gasteiger charge is 2.27. The summed E-state index contributed by atoms with van der Waals surface area (Å²) in [6.45, 7) is -0.0203. The number of aromatic nitrogens is 1. The highest BCUT2D eigenvalue weighted by atomic mass is 35.5. The summed E-state index contributed by atoms with van der Waals surface area (Å²) in [4.78, 5) is 3.72. The Morgan fingerprint density at radius 3 is 2.67 bits per heavy atom. The van der Waals surface area contributed by atoms with E-state index in [0.717, 1.165) is 0 Å². The minimum atomic E-state index is -4.21. The first kappa shape index (κ1) is 12.4. The van der Waals surface area contributed by atoms with Gasteiger partial charge in [-0.05, 0) is 23.9 Å². The molecule has 7 heteroatoms. The number of rotatable bonds is 4. The van der Waals surface area contributed by atoms with Crippen LogP contribution in [0.4, 0.5) is 13.2 Å². The maximum atomic E-state index is 11.7. The van der Waals surface area contributed by atoms with E-state index in [0.29, 0.717) is 10.9 Å². The summed E-state index contributed by atoms with van der Waals surface area (Å²) in [7, 11) is 0. The lowest BCUT2D eigenvalue weighted by Crippen LogP contribution is -2.07. The molecule has 0 aromatic carbocycles. The zero-order chi connectivity index (χ0) is 11.3. The number of ether oxygens (including phenoxy) is 1. The quantitative estimate of drug-likeness (QED) is 0.610. The number of halogens is 4. The summed E-state index contributed by atoms with van der Waals surface area (Å²) < 4.78 is 40.2. The van der Waals surface area contributed by atoms with E-state index in [2.05, 4.69) is 4.98 Å². The minimum absolute atomic E-state index is 0.0203. The van der Waals surface area contributed by atoms with Gasteiger partial charge in [-0.3, -0.25) is 0 Å². The van der Waals surface area contributed by atoms with E-state index < -0.39 is 5.51 Å². The van der Waals surface area contributed by atoms with Gasteiger partial charge >= 0.3 is 5.51 Å². The molecule has 0 aliphatic carbocycles. The van der Waals surface area contributed by atoms with Gasteiger partial charge < -0.3 is 4.74 Å². The second kappa shape index (κ2) is 5.46. The monoisotopic (exact) mass is 257 g/mol. The fraction of sp³-hybridized carbons (Fsp3) is 0.375. The van der Waals surface area contributed by atoms with Crippen LogP contribution in [0.1, 0.15) is 0 Å². The Kier molecular flexibility index (Phi) is 4.53. The SMILES string of the molecule is FC(F)(F)SCCOc1ccc(Cl)nc1. The van der Waals surface area contributed by atoms with Crippen LogP contribution in [0.2, 0.25) is 5.15 Å². The van der Waals surface area contributed by atoms with E-state index in [9.17, 15) is 13.2 Å². The number of hydrogen-bond acceptors (Lipinski definition) is 3. The molecule has 1 heterocycles. The summed E-state index contributed by atoms with van der Waals surface area (Å²) in [5.74, 6) is 0.258. The Bertz CT molecular complexity index is 304. The maximum Gasteiger partial charge on any atom is 0.441 e. The van der Waals surface area contributed by atoms with Crippen molar-refractivity contribution in [3.63, 3.8) is 0 Å². The van der Waals surface area contributed by atoms with Crippen molar-refractivity contribution in [2.24, 2.45) is 0 Å². The fourth-order valence-corrected chi connectivity index (χ4v) is 1.27. The van der Waals surface area contributed by atoms with Crippen molar-refractivity contribution in [3.8, 4) is 5.75 Å². The lowest BCUT2D eigenvalue weighted by molar-refractivity contribution is -0.0329. The van der Waals surface area contributed by atoms with Crippen LogP contribution in [-0.2, 0) is 0 Å².